The van der Waals surface area contributed by atoms with Crippen molar-refractivity contribution in [2.45, 2.75) is 18.4 Å². The van der Waals surface area contributed by atoms with Gasteiger partial charge < -0.3 is 19.5 Å². The summed E-state index contributed by atoms with van der Waals surface area (Å²) in [6.45, 7) is 1.90. The number of methoxy groups -OCH3 is 1. The number of likely N-dealkylation sites (tertiary alicyclic amines) is 1. The van der Waals surface area contributed by atoms with Crippen molar-refractivity contribution in [2.75, 3.05) is 40.0 Å². The first kappa shape index (κ1) is 17.9. The van der Waals surface area contributed by atoms with Gasteiger partial charge in [0, 0.05) is 26.1 Å². The van der Waals surface area contributed by atoms with Gasteiger partial charge in [-0.15, -0.1) is 0 Å². The second-order valence-corrected chi connectivity index (χ2v) is 6.45. The summed E-state index contributed by atoms with van der Waals surface area (Å²) < 4.78 is 10.2. The van der Waals surface area contributed by atoms with Crippen molar-refractivity contribution >= 4 is 16.7 Å². The van der Waals surface area contributed by atoms with Gasteiger partial charge in [-0.05, 0) is 22.8 Å². The smallest absolute Gasteiger partial charge is 0.248 e. The minimum Gasteiger partial charge on any atom is -0.391 e. The van der Waals surface area contributed by atoms with Crippen LogP contribution in [0, 0.1) is 0 Å². The van der Waals surface area contributed by atoms with E-state index in [0.717, 1.165) is 12.0 Å². The van der Waals surface area contributed by atoms with E-state index in [0.29, 0.717) is 26.3 Å². The molecule has 0 saturated carbocycles. The molecule has 2 aromatic rings. The van der Waals surface area contributed by atoms with Gasteiger partial charge in [-0.2, -0.15) is 0 Å². The first-order valence-electron chi connectivity index (χ1n) is 8.70. The zero-order valence-electron chi connectivity index (χ0n) is 14.6. The number of aliphatic hydroxyl groups excluding tert-OH is 1. The van der Waals surface area contributed by atoms with Crippen LogP contribution in [0.25, 0.3) is 10.8 Å². The van der Waals surface area contributed by atoms with Crippen molar-refractivity contribution in [3.8, 4) is 0 Å². The first-order chi connectivity index (χ1) is 12.2. The molecule has 1 saturated heterocycles. The van der Waals surface area contributed by atoms with Crippen LogP contribution in [0.3, 0.4) is 0 Å². The normalized spacial score (nSPS) is 20.8. The highest BCUT2D eigenvalue weighted by Crippen LogP contribution is 2.30. The lowest BCUT2D eigenvalue weighted by Crippen LogP contribution is -2.47. The number of rotatable bonds is 6. The lowest BCUT2D eigenvalue weighted by Gasteiger charge is -2.36. The number of nitrogens with zero attached hydrogens (tertiary/aromatic N) is 1. The van der Waals surface area contributed by atoms with Crippen LogP contribution < -0.4 is 0 Å². The Hall–Kier alpha value is -1.95. The molecule has 2 aromatic carbocycles. The van der Waals surface area contributed by atoms with Crippen LogP contribution in [-0.2, 0) is 14.3 Å². The van der Waals surface area contributed by atoms with Crippen molar-refractivity contribution in [1.29, 1.82) is 0 Å². The third-order valence-corrected chi connectivity index (χ3v) is 4.79. The molecule has 5 heteroatoms. The van der Waals surface area contributed by atoms with Gasteiger partial charge in [-0.25, -0.2) is 0 Å². The summed E-state index contributed by atoms with van der Waals surface area (Å²) in [6.07, 6.45) is 0.196. The molecule has 25 heavy (non-hydrogen) atoms. The average molecular weight is 343 g/mol. The number of carbonyl (C=O) groups is 1. The molecule has 1 aliphatic heterocycles. The van der Waals surface area contributed by atoms with Crippen LogP contribution in [0.5, 0.6) is 0 Å². The Bertz CT molecular complexity index is 718. The molecular formula is C20H25NO4. The quantitative estimate of drug-likeness (QED) is 0.817. The maximum atomic E-state index is 12.2. The van der Waals surface area contributed by atoms with Crippen LogP contribution in [0.15, 0.2) is 42.5 Å². The average Bonchev–Trinajstić information content (AvgIpc) is 2.64. The Balaban J connectivity index is 1.60. The number of hydrogen-bond acceptors (Lipinski definition) is 4. The minimum absolute atomic E-state index is 0.0384. The zero-order chi connectivity index (χ0) is 17.6. The summed E-state index contributed by atoms with van der Waals surface area (Å²) in [6, 6.07) is 14.5. The summed E-state index contributed by atoms with van der Waals surface area (Å²) in [5.41, 5.74) is 1.13. The van der Waals surface area contributed by atoms with E-state index in [1.807, 2.05) is 12.1 Å². The van der Waals surface area contributed by atoms with Crippen LogP contribution in [0.1, 0.15) is 17.9 Å². The predicted octanol–water partition coefficient (Wildman–Crippen LogP) is 2.18. The molecule has 2 atom stereocenters. The fourth-order valence-corrected chi connectivity index (χ4v) is 3.38. The van der Waals surface area contributed by atoms with Gasteiger partial charge in [0.2, 0.25) is 5.91 Å². The number of hydrogen-bond donors (Lipinski definition) is 1. The van der Waals surface area contributed by atoms with E-state index in [-0.39, 0.29) is 18.4 Å². The van der Waals surface area contributed by atoms with Gasteiger partial charge in [0.1, 0.15) is 6.61 Å². The lowest BCUT2D eigenvalue weighted by atomic mass is 9.86. The van der Waals surface area contributed by atoms with E-state index in [9.17, 15) is 9.90 Å². The second kappa shape index (κ2) is 8.43. The Labute approximate surface area is 148 Å². The highest BCUT2D eigenvalue weighted by atomic mass is 16.5. The summed E-state index contributed by atoms with van der Waals surface area (Å²) in [7, 11) is 1.60. The first-order valence-corrected chi connectivity index (χ1v) is 8.70. The number of ether oxygens (including phenoxy) is 2. The van der Waals surface area contributed by atoms with Gasteiger partial charge in [0.15, 0.2) is 0 Å². The maximum Gasteiger partial charge on any atom is 0.248 e. The SMILES string of the molecule is COCCOCC(=O)N1CC[C@H](c2ccc3ccccc3c2)[C@@H](O)C1. The number of piperidine rings is 1. The van der Waals surface area contributed by atoms with Crippen LogP contribution in [-0.4, -0.2) is 62.0 Å². The van der Waals surface area contributed by atoms with Crippen molar-refractivity contribution < 1.29 is 19.4 Å². The summed E-state index contributed by atoms with van der Waals surface area (Å²) in [5.74, 6) is -0.0184. The molecule has 134 valence electrons. The lowest BCUT2D eigenvalue weighted by molar-refractivity contribution is -0.140. The van der Waals surface area contributed by atoms with Gasteiger partial charge >= 0.3 is 0 Å². The van der Waals surface area contributed by atoms with Gasteiger partial charge in [0.25, 0.3) is 0 Å². The highest BCUT2D eigenvalue weighted by Gasteiger charge is 2.31. The molecule has 1 heterocycles. The van der Waals surface area contributed by atoms with Crippen molar-refractivity contribution in [3.05, 3.63) is 48.0 Å². The van der Waals surface area contributed by atoms with Crippen LogP contribution in [0.4, 0.5) is 0 Å². The molecule has 1 aliphatic rings. The van der Waals surface area contributed by atoms with Crippen LogP contribution >= 0.6 is 0 Å². The van der Waals surface area contributed by atoms with E-state index in [1.54, 1.807) is 12.0 Å². The van der Waals surface area contributed by atoms with Gasteiger partial charge in [0.05, 0.1) is 19.3 Å². The molecule has 0 unspecified atom stereocenters. The monoisotopic (exact) mass is 343 g/mol. The topological polar surface area (TPSA) is 59.0 Å². The standard InChI is InChI=1S/C20H25NO4/c1-24-10-11-25-14-20(23)21-9-8-18(19(22)13-21)17-7-6-15-4-2-3-5-16(15)12-17/h2-7,12,18-19,22H,8-11,13-14H2,1H3/t18-,19+/m1/s1. The van der Waals surface area contributed by atoms with Crippen molar-refractivity contribution in [2.24, 2.45) is 0 Å². The molecular weight excluding hydrogens is 318 g/mol. The molecule has 0 aliphatic carbocycles. The second-order valence-electron chi connectivity index (χ2n) is 6.45. The Morgan fingerprint density at radius 2 is 2.00 bits per heavy atom. The molecule has 5 nitrogen and oxygen atoms in total. The number of β-amino-alcohol motifs (C(OH)–C–C–N with tert-alkyl or cyclic N) is 1. The molecule has 0 radical (unpaired) electrons. The van der Waals surface area contributed by atoms with Crippen molar-refractivity contribution in [3.63, 3.8) is 0 Å². The van der Waals surface area contributed by atoms with Gasteiger partial charge in [-0.1, -0.05) is 42.5 Å². The van der Waals surface area contributed by atoms with E-state index in [1.165, 1.54) is 10.8 Å². The fraction of sp³-hybridized carbons (Fsp3) is 0.450. The Morgan fingerprint density at radius 3 is 2.76 bits per heavy atom. The fourth-order valence-electron chi connectivity index (χ4n) is 3.38. The molecule has 0 spiro atoms. The van der Waals surface area contributed by atoms with E-state index >= 15 is 0 Å². The summed E-state index contributed by atoms with van der Waals surface area (Å²) in [5, 5.41) is 12.9. The van der Waals surface area contributed by atoms with E-state index in [2.05, 4.69) is 30.3 Å². The predicted molar refractivity (Wildman–Crippen MR) is 96.6 cm³/mol. The summed E-state index contributed by atoms with van der Waals surface area (Å²) in [4.78, 5) is 13.9. The molecule has 0 bridgehead atoms. The molecule has 1 fully saturated rings. The van der Waals surface area contributed by atoms with Gasteiger partial charge in [-0.3, -0.25) is 4.79 Å². The number of benzene rings is 2. The van der Waals surface area contributed by atoms with E-state index in [4.69, 9.17) is 9.47 Å². The number of amides is 1. The third-order valence-electron chi connectivity index (χ3n) is 4.79. The summed E-state index contributed by atoms with van der Waals surface area (Å²) >= 11 is 0. The van der Waals surface area contributed by atoms with Crippen molar-refractivity contribution in [1.82, 2.24) is 4.90 Å². The number of fused-ring (bicyclic) bond motifs is 1. The highest BCUT2D eigenvalue weighted by molar-refractivity contribution is 5.83. The molecule has 1 amide bonds. The Kier molecular flexibility index (Phi) is 6.02. The number of carbonyl (C=O) groups excluding carboxylic acids is 1. The minimum atomic E-state index is -0.558. The zero-order valence-corrected chi connectivity index (χ0v) is 14.6. The van der Waals surface area contributed by atoms with E-state index < -0.39 is 6.10 Å². The van der Waals surface area contributed by atoms with Crippen LogP contribution in [0.2, 0.25) is 0 Å². The Morgan fingerprint density at radius 1 is 1.20 bits per heavy atom. The molecule has 3 rings (SSSR count). The molecule has 1 N–H and O–H groups in total. The number of aliphatic hydroxyl groups is 1. The molecule has 0 aromatic heterocycles. The largest absolute Gasteiger partial charge is 0.391 e. The maximum absolute atomic E-state index is 12.2. The third kappa shape index (κ3) is 4.37.